The molecular formula is C49H31N3O. The maximum Gasteiger partial charge on any atom is 0.159 e. The maximum atomic E-state index is 6.56. The van der Waals surface area contributed by atoms with Gasteiger partial charge in [0.15, 0.2) is 12.0 Å². The second-order valence-electron chi connectivity index (χ2n) is 14.5. The van der Waals surface area contributed by atoms with E-state index in [1.165, 1.54) is 54.9 Å². The fourth-order valence-corrected chi connectivity index (χ4v) is 9.70. The normalized spacial score (nSPS) is 16.5. The molecule has 0 saturated heterocycles. The van der Waals surface area contributed by atoms with Crippen LogP contribution in [-0.4, -0.2) is 23.6 Å². The molecule has 12 rings (SSSR count). The van der Waals surface area contributed by atoms with E-state index in [0.717, 1.165) is 44.5 Å². The minimum atomic E-state index is -0.399. The fraction of sp³-hybridized carbons (Fsp3) is 0.0612. The third kappa shape index (κ3) is 3.69. The van der Waals surface area contributed by atoms with Crippen LogP contribution in [-0.2, 0) is 5.41 Å². The zero-order valence-electron chi connectivity index (χ0n) is 28.9. The highest BCUT2D eigenvalue weighted by molar-refractivity contribution is 6.18. The van der Waals surface area contributed by atoms with Gasteiger partial charge in [-0.2, -0.15) is 0 Å². The molecule has 1 aliphatic heterocycles. The molecule has 1 atom stereocenters. The number of furan rings is 1. The van der Waals surface area contributed by atoms with Gasteiger partial charge >= 0.3 is 0 Å². The summed E-state index contributed by atoms with van der Waals surface area (Å²) < 4.78 is 6.56. The van der Waals surface area contributed by atoms with Crippen molar-refractivity contribution in [3.63, 3.8) is 0 Å². The Labute approximate surface area is 306 Å². The molecule has 2 aliphatic carbocycles. The van der Waals surface area contributed by atoms with E-state index in [4.69, 9.17) is 14.4 Å². The molecule has 0 fully saturated rings. The third-order valence-electron chi connectivity index (χ3n) is 11.9. The fourth-order valence-electron chi connectivity index (χ4n) is 9.70. The topological polar surface area (TPSA) is 41.1 Å². The summed E-state index contributed by atoms with van der Waals surface area (Å²) in [6.07, 6.45) is -0.353. The second kappa shape index (κ2) is 10.4. The van der Waals surface area contributed by atoms with Crippen LogP contribution in [0.1, 0.15) is 45.1 Å². The first kappa shape index (κ1) is 28.9. The first-order valence-corrected chi connectivity index (χ1v) is 18.3. The van der Waals surface area contributed by atoms with E-state index in [-0.39, 0.29) is 6.17 Å². The second-order valence-corrected chi connectivity index (χ2v) is 14.5. The lowest BCUT2D eigenvalue weighted by molar-refractivity contribution is 0.382. The first-order chi connectivity index (χ1) is 26.2. The van der Waals surface area contributed by atoms with Crippen molar-refractivity contribution in [3.8, 4) is 11.1 Å². The van der Waals surface area contributed by atoms with E-state index in [1.54, 1.807) is 0 Å². The predicted molar refractivity (Wildman–Crippen MR) is 216 cm³/mol. The summed E-state index contributed by atoms with van der Waals surface area (Å²) in [6, 6.07) is 59.2. The monoisotopic (exact) mass is 677 g/mol. The Morgan fingerprint density at radius 2 is 1.21 bits per heavy atom. The molecule has 248 valence electrons. The summed E-state index contributed by atoms with van der Waals surface area (Å²) in [5.41, 5.74) is 12.3. The zero-order chi connectivity index (χ0) is 34.8. The molecule has 0 N–H and O–H groups in total. The summed E-state index contributed by atoms with van der Waals surface area (Å²) in [4.78, 5) is 12.9. The predicted octanol–water partition coefficient (Wildman–Crippen LogP) is 11.4. The average Bonchev–Trinajstić information content (AvgIpc) is 3.85. The van der Waals surface area contributed by atoms with Crippen molar-refractivity contribution >= 4 is 55.2 Å². The number of para-hydroxylation sites is 2. The first-order valence-electron chi connectivity index (χ1n) is 18.3. The van der Waals surface area contributed by atoms with Gasteiger partial charge in [-0.05, 0) is 67.1 Å². The SMILES string of the molecule is CN1C(c2ccc3c(c2)-c2ccccc2C32c3cccc4ccc5cccc2c5c34)=NC(c2ccccc2)=NC1c1cccc2c1oc1ccccc12. The lowest BCUT2D eigenvalue weighted by Crippen LogP contribution is -2.35. The van der Waals surface area contributed by atoms with Gasteiger partial charge in [0, 0.05) is 34.5 Å². The molecule has 0 amide bonds. The summed E-state index contributed by atoms with van der Waals surface area (Å²) in [6.45, 7) is 0. The Bertz CT molecular complexity index is 3030. The highest BCUT2D eigenvalue weighted by Crippen LogP contribution is 2.62. The van der Waals surface area contributed by atoms with E-state index in [2.05, 4.69) is 145 Å². The summed E-state index contributed by atoms with van der Waals surface area (Å²) >= 11 is 0. The van der Waals surface area contributed by atoms with Gasteiger partial charge in [0.05, 0.1) is 5.41 Å². The maximum absolute atomic E-state index is 6.56. The van der Waals surface area contributed by atoms with Crippen LogP contribution in [0.5, 0.6) is 0 Å². The zero-order valence-corrected chi connectivity index (χ0v) is 28.9. The molecule has 0 bridgehead atoms. The summed E-state index contributed by atoms with van der Waals surface area (Å²) in [5, 5.41) is 7.52. The van der Waals surface area contributed by atoms with E-state index < -0.39 is 5.41 Å². The van der Waals surface area contributed by atoms with E-state index in [1.807, 2.05) is 30.3 Å². The van der Waals surface area contributed by atoms with Gasteiger partial charge in [-0.25, -0.2) is 9.98 Å². The molecule has 53 heavy (non-hydrogen) atoms. The molecule has 9 aromatic rings. The molecule has 8 aromatic carbocycles. The van der Waals surface area contributed by atoms with Crippen LogP contribution in [0.4, 0.5) is 0 Å². The number of amidine groups is 2. The van der Waals surface area contributed by atoms with Crippen LogP contribution in [0.15, 0.2) is 178 Å². The van der Waals surface area contributed by atoms with Gasteiger partial charge in [0.1, 0.15) is 17.0 Å². The Morgan fingerprint density at radius 3 is 2.02 bits per heavy atom. The standard InChI is InChI=1S/C49H31N3O/c1-52-47(50-46(31-12-3-2-4-13-31)51-48(52)36-19-11-18-35-34-17-6-8-23-42(34)53-45(35)36)32-26-27-39-37(28-32)33-16-5-7-20-38(33)49(39)40-21-9-14-29-24-25-30-15-10-22-41(49)44(30)43(29)40/h2-28,48H,1H3. The molecule has 0 radical (unpaired) electrons. The number of rotatable bonds is 3. The van der Waals surface area contributed by atoms with Gasteiger partial charge in [-0.1, -0.05) is 152 Å². The van der Waals surface area contributed by atoms with E-state index >= 15 is 0 Å². The largest absolute Gasteiger partial charge is 0.456 e. The lowest BCUT2D eigenvalue weighted by atomic mass is 9.70. The molecular weight excluding hydrogens is 647 g/mol. The van der Waals surface area contributed by atoms with Crippen LogP contribution in [0, 0.1) is 0 Å². The Balaban J connectivity index is 1.08. The van der Waals surface area contributed by atoms with Crippen LogP contribution < -0.4 is 0 Å². The lowest BCUT2D eigenvalue weighted by Gasteiger charge is -2.33. The minimum Gasteiger partial charge on any atom is -0.456 e. The highest BCUT2D eigenvalue weighted by Gasteiger charge is 2.50. The van der Waals surface area contributed by atoms with Gasteiger partial charge in [-0.3, -0.25) is 0 Å². The quantitative estimate of drug-likeness (QED) is 0.175. The van der Waals surface area contributed by atoms with Crippen molar-refractivity contribution in [2.75, 3.05) is 7.05 Å². The minimum absolute atomic E-state index is 0.353. The highest BCUT2D eigenvalue weighted by atomic mass is 16.3. The van der Waals surface area contributed by atoms with Gasteiger partial charge in [-0.15, -0.1) is 0 Å². The number of hydrogen-bond acceptors (Lipinski definition) is 4. The number of hydrogen-bond donors (Lipinski definition) is 0. The smallest absolute Gasteiger partial charge is 0.159 e. The van der Waals surface area contributed by atoms with E-state index in [9.17, 15) is 0 Å². The molecule has 0 saturated carbocycles. The summed E-state index contributed by atoms with van der Waals surface area (Å²) in [5.74, 6) is 1.58. The van der Waals surface area contributed by atoms with Crippen molar-refractivity contribution in [1.29, 1.82) is 0 Å². The van der Waals surface area contributed by atoms with Crippen LogP contribution in [0.3, 0.4) is 0 Å². The number of nitrogens with zero attached hydrogens (tertiary/aromatic N) is 3. The third-order valence-corrected chi connectivity index (χ3v) is 11.9. The number of fused-ring (bicyclic) bond motifs is 10. The molecule has 1 unspecified atom stereocenters. The van der Waals surface area contributed by atoms with Crippen LogP contribution in [0.25, 0.3) is 54.6 Å². The number of aliphatic imine (C=N–C) groups is 2. The summed E-state index contributed by atoms with van der Waals surface area (Å²) in [7, 11) is 2.11. The van der Waals surface area contributed by atoms with Crippen molar-refractivity contribution in [1.82, 2.24) is 4.90 Å². The molecule has 3 aliphatic rings. The molecule has 4 heteroatoms. The van der Waals surface area contributed by atoms with Gasteiger partial charge in [0.2, 0.25) is 0 Å². The molecule has 1 spiro atoms. The molecule has 2 heterocycles. The van der Waals surface area contributed by atoms with Gasteiger partial charge in [0.25, 0.3) is 0 Å². The molecule has 1 aromatic heterocycles. The Morgan fingerprint density at radius 1 is 0.547 bits per heavy atom. The Hall–Kier alpha value is -6.78. The van der Waals surface area contributed by atoms with E-state index in [0.29, 0.717) is 5.84 Å². The van der Waals surface area contributed by atoms with Crippen LogP contribution >= 0.6 is 0 Å². The van der Waals surface area contributed by atoms with Gasteiger partial charge < -0.3 is 9.32 Å². The van der Waals surface area contributed by atoms with Crippen molar-refractivity contribution in [2.24, 2.45) is 9.98 Å². The van der Waals surface area contributed by atoms with Crippen molar-refractivity contribution in [3.05, 3.63) is 203 Å². The van der Waals surface area contributed by atoms with Crippen LogP contribution in [0.2, 0.25) is 0 Å². The molecule has 4 nitrogen and oxygen atoms in total. The number of benzene rings is 8. The van der Waals surface area contributed by atoms with Crippen molar-refractivity contribution < 1.29 is 4.42 Å². The van der Waals surface area contributed by atoms with Crippen molar-refractivity contribution in [2.45, 2.75) is 11.6 Å². The Kier molecular flexibility index (Phi) is 5.66. The average molecular weight is 678 g/mol.